The fourth-order valence-electron chi connectivity index (χ4n) is 0.928. The van der Waals surface area contributed by atoms with Crippen molar-refractivity contribution in [3.63, 3.8) is 0 Å². The second-order valence-corrected chi connectivity index (χ2v) is 3.27. The van der Waals surface area contributed by atoms with Crippen LogP contribution in [0, 0.1) is 13.8 Å². The van der Waals surface area contributed by atoms with Crippen LogP contribution in [0.5, 0.6) is 0 Å². The van der Waals surface area contributed by atoms with Gasteiger partial charge in [0.15, 0.2) is 0 Å². The maximum Gasteiger partial charge on any atom is 0.0568 e. The summed E-state index contributed by atoms with van der Waals surface area (Å²) in [6.45, 7) is 4.01. The molecule has 0 aromatic heterocycles. The molecule has 0 radical (unpaired) electrons. The number of thiol groups is 1. The highest BCUT2D eigenvalue weighted by Gasteiger charge is 1.99. The first-order valence-corrected chi connectivity index (χ1v) is 3.89. The zero-order chi connectivity index (χ0) is 7.72. The van der Waals surface area contributed by atoms with Gasteiger partial charge in [-0.1, -0.05) is 17.7 Å². The van der Waals surface area contributed by atoms with Crippen LogP contribution in [0.2, 0.25) is 5.02 Å². The Bertz CT molecular complexity index is 232. The van der Waals surface area contributed by atoms with Crippen LogP contribution < -0.4 is 0 Å². The minimum atomic E-state index is 0.758. The average molecular weight is 173 g/mol. The Morgan fingerprint density at radius 2 is 1.90 bits per heavy atom. The summed E-state index contributed by atoms with van der Waals surface area (Å²) in [7, 11) is 0. The fraction of sp³-hybridized carbons (Fsp3) is 0.250. The van der Waals surface area contributed by atoms with E-state index in [0.717, 1.165) is 15.5 Å². The molecule has 0 nitrogen and oxygen atoms in total. The molecule has 1 rings (SSSR count). The first kappa shape index (κ1) is 7.96. The molecular formula is C8H9ClS. The standard InChI is InChI=1S/C8H9ClS/c1-5-3-6(2)8(9)7(10)4-5/h3-4,10H,1-2H3. The third kappa shape index (κ3) is 1.47. The smallest absolute Gasteiger partial charge is 0.0568 e. The summed E-state index contributed by atoms with van der Waals surface area (Å²) in [6.07, 6.45) is 0. The lowest BCUT2D eigenvalue weighted by molar-refractivity contribution is 1.30. The Labute approximate surface area is 71.6 Å². The van der Waals surface area contributed by atoms with Gasteiger partial charge < -0.3 is 0 Å². The average Bonchev–Trinajstić information content (AvgIpc) is 1.82. The molecule has 0 saturated heterocycles. The summed E-state index contributed by atoms with van der Waals surface area (Å²) in [5, 5.41) is 0.758. The second kappa shape index (κ2) is 2.85. The molecule has 2 heteroatoms. The highest BCUT2D eigenvalue weighted by molar-refractivity contribution is 7.80. The Morgan fingerprint density at radius 3 is 2.40 bits per heavy atom. The third-order valence-electron chi connectivity index (χ3n) is 1.38. The fourth-order valence-corrected chi connectivity index (χ4v) is 1.42. The molecule has 0 fully saturated rings. The number of aryl methyl sites for hydroxylation is 2. The lowest BCUT2D eigenvalue weighted by Crippen LogP contribution is -1.79. The molecule has 0 saturated carbocycles. The van der Waals surface area contributed by atoms with Gasteiger partial charge in [0.05, 0.1) is 5.02 Å². The van der Waals surface area contributed by atoms with Gasteiger partial charge in [-0.2, -0.15) is 0 Å². The normalized spacial score (nSPS) is 10.0. The van der Waals surface area contributed by atoms with Crippen LogP contribution in [-0.2, 0) is 0 Å². The van der Waals surface area contributed by atoms with E-state index in [2.05, 4.69) is 12.6 Å². The van der Waals surface area contributed by atoms with Crippen molar-refractivity contribution < 1.29 is 0 Å². The second-order valence-electron chi connectivity index (χ2n) is 2.41. The SMILES string of the molecule is Cc1cc(C)c(Cl)c(S)c1. The van der Waals surface area contributed by atoms with Crippen LogP contribution in [0.4, 0.5) is 0 Å². The molecule has 0 bridgehead atoms. The zero-order valence-electron chi connectivity index (χ0n) is 5.98. The summed E-state index contributed by atoms with van der Waals surface area (Å²) >= 11 is 10.1. The van der Waals surface area contributed by atoms with E-state index in [9.17, 15) is 0 Å². The van der Waals surface area contributed by atoms with Crippen molar-refractivity contribution in [1.29, 1.82) is 0 Å². The van der Waals surface area contributed by atoms with Gasteiger partial charge in [0.25, 0.3) is 0 Å². The molecule has 10 heavy (non-hydrogen) atoms. The number of hydrogen-bond acceptors (Lipinski definition) is 1. The van der Waals surface area contributed by atoms with Gasteiger partial charge in [0.1, 0.15) is 0 Å². The molecule has 0 spiro atoms. The van der Waals surface area contributed by atoms with Crippen molar-refractivity contribution in [2.75, 3.05) is 0 Å². The third-order valence-corrected chi connectivity index (χ3v) is 2.37. The summed E-state index contributed by atoms with van der Waals surface area (Å²) in [4.78, 5) is 0.860. The molecule has 0 heterocycles. The topological polar surface area (TPSA) is 0 Å². The largest absolute Gasteiger partial charge is 0.142 e. The molecule has 0 aliphatic heterocycles. The zero-order valence-corrected chi connectivity index (χ0v) is 7.63. The Morgan fingerprint density at radius 1 is 1.30 bits per heavy atom. The van der Waals surface area contributed by atoms with E-state index >= 15 is 0 Å². The van der Waals surface area contributed by atoms with E-state index in [0.29, 0.717) is 0 Å². The van der Waals surface area contributed by atoms with Crippen molar-refractivity contribution in [1.82, 2.24) is 0 Å². The van der Waals surface area contributed by atoms with Crippen LogP contribution in [0.1, 0.15) is 11.1 Å². The number of rotatable bonds is 0. The van der Waals surface area contributed by atoms with Crippen molar-refractivity contribution in [3.8, 4) is 0 Å². The van der Waals surface area contributed by atoms with Gasteiger partial charge in [-0.25, -0.2) is 0 Å². The van der Waals surface area contributed by atoms with Gasteiger partial charge in [-0.05, 0) is 31.0 Å². The summed E-state index contributed by atoms with van der Waals surface area (Å²) in [6, 6.07) is 4.00. The number of benzene rings is 1. The first-order chi connectivity index (χ1) is 4.61. The number of halogens is 1. The van der Waals surface area contributed by atoms with Crippen molar-refractivity contribution in [3.05, 3.63) is 28.3 Å². The highest BCUT2D eigenvalue weighted by Crippen LogP contribution is 2.24. The molecule has 0 N–H and O–H groups in total. The van der Waals surface area contributed by atoms with Crippen molar-refractivity contribution in [2.24, 2.45) is 0 Å². The summed E-state index contributed by atoms with van der Waals surface area (Å²) in [5.41, 5.74) is 2.29. The first-order valence-electron chi connectivity index (χ1n) is 3.07. The van der Waals surface area contributed by atoms with E-state index in [4.69, 9.17) is 11.6 Å². The van der Waals surface area contributed by atoms with Crippen LogP contribution in [0.25, 0.3) is 0 Å². The van der Waals surface area contributed by atoms with Crippen LogP contribution in [0.3, 0.4) is 0 Å². The molecule has 0 aliphatic rings. The van der Waals surface area contributed by atoms with Gasteiger partial charge in [-0.15, -0.1) is 12.6 Å². The van der Waals surface area contributed by atoms with E-state index < -0.39 is 0 Å². The van der Waals surface area contributed by atoms with Gasteiger partial charge >= 0.3 is 0 Å². The predicted octanol–water partition coefficient (Wildman–Crippen LogP) is 3.25. The monoisotopic (exact) mass is 172 g/mol. The quantitative estimate of drug-likeness (QED) is 0.571. The molecule has 1 aromatic rings. The molecule has 54 valence electrons. The van der Waals surface area contributed by atoms with Crippen LogP contribution in [-0.4, -0.2) is 0 Å². The van der Waals surface area contributed by atoms with Gasteiger partial charge in [0.2, 0.25) is 0 Å². The minimum absolute atomic E-state index is 0.758. The van der Waals surface area contributed by atoms with E-state index in [1.54, 1.807) is 0 Å². The lowest BCUT2D eigenvalue weighted by Gasteiger charge is -2.01. The maximum atomic E-state index is 5.87. The molecule has 0 amide bonds. The summed E-state index contributed by atoms with van der Waals surface area (Å²) < 4.78 is 0. The molecule has 0 unspecified atom stereocenters. The molecule has 0 aliphatic carbocycles. The van der Waals surface area contributed by atoms with E-state index in [1.807, 2.05) is 26.0 Å². The molecule has 0 atom stereocenters. The Hall–Kier alpha value is -0.140. The predicted molar refractivity (Wildman–Crippen MR) is 48.2 cm³/mol. The van der Waals surface area contributed by atoms with Gasteiger partial charge in [-0.3, -0.25) is 0 Å². The lowest BCUT2D eigenvalue weighted by atomic mass is 10.2. The summed E-state index contributed by atoms with van der Waals surface area (Å²) in [5.74, 6) is 0. The van der Waals surface area contributed by atoms with Crippen LogP contribution >= 0.6 is 24.2 Å². The molecule has 1 aromatic carbocycles. The van der Waals surface area contributed by atoms with Crippen molar-refractivity contribution >= 4 is 24.2 Å². The van der Waals surface area contributed by atoms with Crippen molar-refractivity contribution in [2.45, 2.75) is 18.7 Å². The number of hydrogen-bond donors (Lipinski definition) is 1. The Kier molecular flexibility index (Phi) is 2.27. The van der Waals surface area contributed by atoms with Gasteiger partial charge in [0, 0.05) is 4.90 Å². The maximum absolute atomic E-state index is 5.87. The Balaban J connectivity index is 3.31. The van der Waals surface area contributed by atoms with E-state index in [1.165, 1.54) is 5.56 Å². The van der Waals surface area contributed by atoms with Crippen LogP contribution in [0.15, 0.2) is 17.0 Å². The van der Waals surface area contributed by atoms with E-state index in [-0.39, 0.29) is 0 Å². The molecular weight excluding hydrogens is 164 g/mol. The minimum Gasteiger partial charge on any atom is -0.142 e. The highest BCUT2D eigenvalue weighted by atomic mass is 35.5.